The van der Waals surface area contributed by atoms with E-state index in [4.69, 9.17) is 4.74 Å². The molecular formula is C18H26N6O. The Morgan fingerprint density at radius 3 is 2.76 bits per heavy atom. The van der Waals surface area contributed by atoms with Gasteiger partial charge in [0.05, 0.1) is 12.3 Å². The van der Waals surface area contributed by atoms with E-state index in [-0.39, 0.29) is 0 Å². The highest BCUT2D eigenvalue weighted by atomic mass is 16.5. The van der Waals surface area contributed by atoms with E-state index in [1.54, 1.807) is 13.3 Å². The Bertz CT molecular complexity index is 837. The average Bonchev–Trinajstić information content (AvgIpc) is 3.18. The van der Waals surface area contributed by atoms with Crippen LogP contribution in [-0.4, -0.2) is 49.3 Å². The summed E-state index contributed by atoms with van der Waals surface area (Å²) >= 11 is 0. The molecule has 0 radical (unpaired) electrons. The third-order valence-electron chi connectivity index (χ3n) is 4.53. The van der Waals surface area contributed by atoms with Crippen LogP contribution in [0, 0.1) is 13.8 Å². The Kier molecular flexibility index (Phi) is 5.45. The molecule has 0 aliphatic carbocycles. The fourth-order valence-corrected chi connectivity index (χ4v) is 3.13. The zero-order chi connectivity index (χ0) is 17.8. The molecule has 0 amide bonds. The van der Waals surface area contributed by atoms with Gasteiger partial charge in [-0.05, 0) is 20.8 Å². The number of aryl methyl sites for hydroxylation is 2. The summed E-state index contributed by atoms with van der Waals surface area (Å²) in [7, 11) is 1.74. The summed E-state index contributed by atoms with van der Waals surface area (Å²) < 4.78 is 9.32. The molecule has 0 atom stereocenters. The van der Waals surface area contributed by atoms with E-state index >= 15 is 0 Å². The summed E-state index contributed by atoms with van der Waals surface area (Å²) in [6.07, 6.45) is 7.67. The summed E-state index contributed by atoms with van der Waals surface area (Å²) in [5.74, 6) is 0.725. The molecule has 0 aliphatic rings. The van der Waals surface area contributed by atoms with Gasteiger partial charge in [-0.3, -0.25) is 14.0 Å². The molecule has 0 saturated heterocycles. The maximum Gasteiger partial charge on any atom is 0.233 e. The van der Waals surface area contributed by atoms with E-state index in [0.29, 0.717) is 6.61 Å². The van der Waals surface area contributed by atoms with E-state index in [9.17, 15) is 0 Å². The largest absolute Gasteiger partial charge is 0.383 e. The molecule has 0 N–H and O–H groups in total. The Labute approximate surface area is 148 Å². The lowest BCUT2D eigenvalue weighted by Crippen LogP contribution is -2.27. The molecule has 0 spiro atoms. The van der Waals surface area contributed by atoms with Gasteiger partial charge in [0.25, 0.3) is 0 Å². The van der Waals surface area contributed by atoms with Gasteiger partial charge in [-0.2, -0.15) is 5.10 Å². The van der Waals surface area contributed by atoms with Crippen molar-refractivity contribution in [2.45, 2.75) is 40.4 Å². The van der Waals surface area contributed by atoms with Crippen LogP contribution < -0.4 is 0 Å². The zero-order valence-corrected chi connectivity index (χ0v) is 15.4. The number of hydrogen-bond acceptors (Lipinski definition) is 5. The van der Waals surface area contributed by atoms with Crippen LogP contribution in [0.25, 0.3) is 5.78 Å². The van der Waals surface area contributed by atoms with Crippen LogP contribution in [0.3, 0.4) is 0 Å². The van der Waals surface area contributed by atoms with Gasteiger partial charge in [-0.1, -0.05) is 0 Å². The molecule has 0 saturated carbocycles. The fourth-order valence-electron chi connectivity index (χ4n) is 3.13. The van der Waals surface area contributed by atoms with Crippen LogP contribution in [-0.2, 0) is 24.4 Å². The van der Waals surface area contributed by atoms with E-state index < -0.39 is 0 Å². The molecule has 3 rings (SSSR count). The normalized spacial score (nSPS) is 11.7. The van der Waals surface area contributed by atoms with Gasteiger partial charge < -0.3 is 4.74 Å². The number of hydrogen-bond donors (Lipinski definition) is 0. The number of aromatic nitrogens is 5. The Balaban J connectivity index is 1.80. The standard InChI is InChI=1S/C18H26N6O/c1-5-24-15(3)17(14(2)21-24)13-22(8-9-25-4)11-16-10-20-18-19-6-7-23(18)12-16/h6-7,10,12H,5,8-9,11,13H2,1-4H3. The molecule has 7 heteroatoms. The Hall–Kier alpha value is -2.25. The van der Waals surface area contributed by atoms with Gasteiger partial charge in [-0.25, -0.2) is 9.97 Å². The predicted molar refractivity (Wildman–Crippen MR) is 96.4 cm³/mol. The molecule has 0 unspecified atom stereocenters. The summed E-state index contributed by atoms with van der Waals surface area (Å²) in [5, 5.41) is 4.64. The molecule has 3 aromatic rings. The molecule has 25 heavy (non-hydrogen) atoms. The van der Waals surface area contributed by atoms with Crippen LogP contribution in [0.2, 0.25) is 0 Å². The van der Waals surface area contributed by atoms with Crippen LogP contribution in [0.5, 0.6) is 0 Å². The molecule has 3 heterocycles. The van der Waals surface area contributed by atoms with Gasteiger partial charge in [0.2, 0.25) is 5.78 Å². The Morgan fingerprint density at radius 1 is 1.20 bits per heavy atom. The SMILES string of the molecule is CCn1nc(C)c(CN(CCOC)Cc2cnc3nccn3c2)c1C. The van der Waals surface area contributed by atoms with E-state index in [2.05, 4.69) is 51.6 Å². The lowest BCUT2D eigenvalue weighted by molar-refractivity contribution is 0.139. The van der Waals surface area contributed by atoms with Crippen LogP contribution in [0.15, 0.2) is 24.8 Å². The van der Waals surface area contributed by atoms with Crippen molar-refractivity contribution in [3.05, 3.63) is 47.3 Å². The number of fused-ring (bicyclic) bond motifs is 1. The first-order valence-electron chi connectivity index (χ1n) is 8.64. The van der Waals surface area contributed by atoms with Gasteiger partial charge in [0.15, 0.2) is 0 Å². The average molecular weight is 342 g/mol. The summed E-state index contributed by atoms with van der Waals surface area (Å²) in [6, 6.07) is 0. The van der Waals surface area contributed by atoms with Crippen molar-refractivity contribution in [3.63, 3.8) is 0 Å². The summed E-state index contributed by atoms with van der Waals surface area (Å²) in [5.41, 5.74) is 4.80. The van der Waals surface area contributed by atoms with E-state index in [1.807, 2.05) is 16.8 Å². The van der Waals surface area contributed by atoms with Gasteiger partial charge in [0, 0.05) is 74.9 Å². The lowest BCUT2D eigenvalue weighted by atomic mass is 10.1. The molecule has 0 aliphatic heterocycles. The monoisotopic (exact) mass is 342 g/mol. The van der Waals surface area contributed by atoms with Gasteiger partial charge in [-0.15, -0.1) is 0 Å². The minimum Gasteiger partial charge on any atom is -0.383 e. The first-order valence-corrected chi connectivity index (χ1v) is 8.64. The maximum absolute atomic E-state index is 5.30. The highest BCUT2D eigenvalue weighted by Crippen LogP contribution is 2.17. The fraction of sp³-hybridized carbons (Fsp3) is 0.500. The van der Waals surface area contributed by atoms with Crippen LogP contribution >= 0.6 is 0 Å². The van der Waals surface area contributed by atoms with E-state index in [0.717, 1.165) is 43.2 Å². The summed E-state index contributed by atoms with van der Waals surface area (Å²) in [6.45, 7) is 10.5. The van der Waals surface area contributed by atoms with E-state index in [1.165, 1.54) is 11.3 Å². The lowest BCUT2D eigenvalue weighted by Gasteiger charge is -2.22. The molecule has 3 aromatic heterocycles. The number of ether oxygens (including phenoxy) is 1. The van der Waals surface area contributed by atoms with Crippen molar-refractivity contribution in [1.82, 2.24) is 29.0 Å². The van der Waals surface area contributed by atoms with Crippen molar-refractivity contribution in [1.29, 1.82) is 0 Å². The maximum atomic E-state index is 5.30. The first-order chi connectivity index (χ1) is 12.1. The minimum atomic E-state index is 0.695. The van der Waals surface area contributed by atoms with Crippen molar-refractivity contribution in [2.75, 3.05) is 20.3 Å². The quantitative estimate of drug-likeness (QED) is 0.628. The molecule has 0 bridgehead atoms. The second-order valence-corrected chi connectivity index (χ2v) is 6.27. The highest BCUT2D eigenvalue weighted by molar-refractivity contribution is 5.29. The van der Waals surface area contributed by atoms with Crippen molar-refractivity contribution in [2.24, 2.45) is 0 Å². The van der Waals surface area contributed by atoms with Gasteiger partial charge >= 0.3 is 0 Å². The second kappa shape index (κ2) is 7.76. The van der Waals surface area contributed by atoms with Crippen LogP contribution in [0.1, 0.15) is 29.4 Å². The molecule has 0 fully saturated rings. The molecule has 0 aromatic carbocycles. The number of imidazole rings is 1. The van der Waals surface area contributed by atoms with Crippen molar-refractivity contribution in [3.8, 4) is 0 Å². The minimum absolute atomic E-state index is 0.695. The molecular weight excluding hydrogens is 316 g/mol. The topological polar surface area (TPSA) is 60.5 Å². The molecule has 134 valence electrons. The summed E-state index contributed by atoms with van der Waals surface area (Å²) in [4.78, 5) is 11.0. The van der Waals surface area contributed by atoms with Crippen molar-refractivity contribution >= 4 is 5.78 Å². The third-order valence-corrected chi connectivity index (χ3v) is 4.53. The van der Waals surface area contributed by atoms with Crippen LogP contribution in [0.4, 0.5) is 0 Å². The molecule has 7 nitrogen and oxygen atoms in total. The van der Waals surface area contributed by atoms with Crippen molar-refractivity contribution < 1.29 is 4.74 Å². The number of nitrogens with zero attached hydrogens (tertiary/aromatic N) is 6. The highest BCUT2D eigenvalue weighted by Gasteiger charge is 2.15. The third kappa shape index (κ3) is 3.88. The smallest absolute Gasteiger partial charge is 0.233 e. The zero-order valence-electron chi connectivity index (χ0n) is 15.4. The number of rotatable bonds is 8. The van der Waals surface area contributed by atoms with Gasteiger partial charge in [0.1, 0.15) is 0 Å². The second-order valence-electron chi connectivity index (χ2n) is 6.27. The predicted octanol–water partition coefficient (Wildman–Crippen LogP) is 2.21. The first kappa shape index (κ1) is 17.6. The number of methoxy groups -OCH3 is 1. The Morgan fingerprint density at radius 2 is 2.04 bits per heavy atom.